The van der Waals surface area contributed by atoms with Crippen LogP contribution in [0.3, 0.4) is 0 Å². The van der Waals surface area contributed by atoms with E-state index in [9.17, 15) is 4.79 Å². The van der Waals surface area contributed by atoms with Crippen LogP contribution in [0.1, 0.15) is 31.5 Å². The molecule has 2 aromatic heterocycles. The van der Waals surface area contributed by atoms with Gasteiger partial charge in [-0.1, -0.05) is 13.8 Å². The molecule has 0 N–H and O–H groups in total. The van der Waals surface area contributed by atoms with Gasteiger partial charge in [-0.25, -0.2) is 4.98 Å². The van der Waals surface area contributed by atoms with Gasteiger partial charge in [-0.05, 0) is 43.9 Å². The third-order valence-corrected chi connectivity index (χ3v) is 3.22. The highest BCUT2D eigenvalue weighted by Gasteiger charge is 2.07. The van der Waals surface area contributed by atoms with E-state index >= 15 is 0 Å². The van der Waals surface area contributed by atoms with Crippen LogP contribution in [0.5, 0.6) is 0 Å². The van der Waals surface area contributed by atoms with Crippen molar-refractivity contribution >= 4 is 11.0 Å². The maximum Gasteiger partial charge on any atom is 0.252 e. The average Bonchev–Trinajstić information content (AvgIpc) is 2.26. The Morgan fingerprint density at radius 1 is 1.28 bits per heavy atom. The molecule has 0 atom stereocenters. The summed E-state index contributed by atoms with van der Waals surface area (Å²) in [5.41, 5.74) is 3.00. The summed E-state index contributed by atoms with van der Waals surface area (Å²) in [6.45, 7) is 9.11. The maximum absolute atomic E-state index is 12.0. The molecule has 2 rings (SSSR count). The SMILES string of the molecule is Cc1cc(C)c2ccc(=O)n(CCC(C)C)c2n1. The monoisotopic (exact) mass is 244 g/mol. The summed E-state index contributed by atoms with van der Waals surface area (Å²) in [5.74, 6) is 0.582. The van der Waals surface area contributed by atoms with Gasteiger partial charge in [0, 0.05) is 23.7 Å². The largest absolute Gasteiger partial charge is 0.293 e. The topological polar surface area (TPSA) is 34.9 Å². The van der Waals surface area contributed by atoms with Gasteiger partial charge in [0.05, 0.1) is 0 Å². The number of aromatic nitrogens is 2. The first-order chi connectivity index (χ1) is 8.49. The Hall–Kier alpha value is -1.64. The van der Waals surface area contributed by atoms with Crippen molar-refractivity contribution in [1.29, 1.82) is 0 Å². The predicted octanol–water partition coefficient (Wildman–Crippen LogP) is 3.06. The molecule has 0 aliphatic heterocycles. The highest BCUT2D eigenvalue weighted by Crippen LogP contribution is 2.16. The molecule has 0 bridgehead atoms. The van der Waals surface area contributed by atoms with Crippen LogP contribution < -0.4 is 5.56 Å². The van der Waals surface area contributed by atoms with Gasteiger partial charge in [-0.3, -0.25) is 9.36 Å². The summed E-state index contributed by atoms with van der Waals surface area (Å²) in [6, 6.07) is 5.58. The minimum absolute atomic E-state index is 0.0423. The number of nitrogens with zero attached hydrogens (tertiary/aromatic N) is 2. The van der Waals surface area contributed by atoms with Crippen molar-refractivity contribution < 1.29 is 0 Å². The summed E-state index contributed by atoms with van der Waals surface area (Å²) < 4.78 is 1.80. The molecule has 18 heavy (non-hydrogen) atoms. The average molecular weight is 244 g/mol. The van der Waals surface area contributed by atoms with Gasteiger partial charge in [-0.15, -0.1) is 0 Å². The summed E-state index contributed by atoms with van der Waals surface area (Å²) in [7, 11) is 0. The lowest BCUT2D eigenvalue weighted by Gasteiger charge is -2.12. The first kappa shape index (κ1) is 12.8. The standard InChI is InChI=1S/C15H20N2O/c1-10(2)7-8-17-14(18)6-5-13-11(3)9-12(4)16-15(13)17/h5-6,9-10H,7-8H2,1-4H3. The Morgan fingerprint density at radius 2 is 2.00 bits per heavy atom. The Kier molecular flexibility index (Phi) is 3.50. The number of hydrogen-bond donors (Lipinski definition) is 0. The third kappa shape index (κ3) is 2.45. The van der Waals surface area contributed by atoms with E-state index in [0.717, 1.165) is 29.7 Å². The molecule has 0 fully saturated rings. The van der Waals surface area contributed by atoms with Crippen molar-refractivity contribution in [3.8, 4) is 0 Å². The molecule has 0 aromatic carbocycles. The van der Waals surface area contributed by atoms with Gasteiger partial charge in [-0.2, -0.15) is 0 Å². The van der Waals surface area contributed by atoms with Crippen LogP contribution >= 0.6 is 0 Å². The molecule has 0 spiro atoms. The Morgan fingerprint density at radius 3 is 2.67 bits per heavy atom. The fourth-order valence-electron chi connectivity index (χ4n) is 2.19. The molecule has 0 aliphatic rings. The van der Waals surface area contributed by atoms with Crippen molar-refractivity contribution in [3.63, 3.8) is 0 Å². The van der Waals surface area contributed by atoms with Crippen molar-refractivity contribution in [1.82, 2.24) is 9.55 Å². The van der Waals surface area contributed by atoms with Crippen molar-refractivity contribution in [2.24, 2.45) is 5.92 Å². The van der Waals surface area contributed by atoms with E-state index in [1.165, 1.54) is 5.56 Å². The lowest BCUT2D eigenvalue weighted by Crippen LogP contribution is -2.21. The minimum atomic E-state index is 0.0423. The lowest BCUT2D eigenvalue weighted by molar-refractivity contribution is 0.515. The molecule has 0 unspecified atom stereocenters. The van der Waals surface area contributed by atoms with E-state index in [0.29, 0.717) is 5.92 Å². The van der Waals surface area contributed by atoms with Gasteiger partial charge in [0.2, 0.25) is 0 Å². The van der Waals surface area contributed by atoms with Crippen molar-refractivity contribution in [3.05, 3.63) is 39.8 Å². The molecule has 0 saturated carbocycles. The Balaban J connectivity index is 2.62. The molecule has 2 aromatic rings. The van der Waals surface area contributed by atoms with E-state index < -0.39 is 0 Å². The first-order valence-electron chi connectivity index (χ1n) is 6.47. The second-order valence-electron chi connectivity index (χ2n) is 5.32. The summed E-state index contributed by atoms with van der Waals surface area (Å²) in [5, 5.41) is 1.07. The molecule has 96 valence electrons. The van der Waals surface area contributed by atoms with E-state index in [1.54, 1.807) is 10.6 Å². The second kappa shape index (κ2) is 4.92. The highest BCUT2D eigenvalue weighted by atomic mass is 16.1. The molecule has 3 heteroatoms. The molecule has 0 radical (unpaired) electrons. The van der Waals surface area contributed by atoms with E-state index in [2.05, 4.69) is 31.8 Å². The maximum atomic E-state index is 12.0. The van der Waals surface area contributed by atoms with Gasteiger partial charge >= 0.3 is 0 Å². The summed E-state index contributed by atoms with van der Waals surface area (Å²) >= 11 is 0. The Bertz CT molecular complexity index is 626. The van der Waals surface area contributed by atoms with Crippen LogP contribution in [0.4, 0.5) is 0 Å². The van der Waals surface area contributed by atoms with Gasteiger partial charge < -0.3 is 0 Å². The van der Waals surface area contributed by atoms with E-state index in [4.69, 9.17) is 0 Å². The first-order valence-corrected chi connectivity index (χ1v) is 6.47. The molecular formula is C15H20N2O. The lowest BCUT2D eigenvalue weighted by atomic mass is 10.1. The van der Waals surface area contributed by atoms with Crippen molar-refractivity contribution in [2.45, 2.75) is 40.7 Å². The summed E-state index contributed by atoms with van der Waals surface area (Å²) in [6.07, 6.45) is 0.994. The fourth-order valence-corrected chi connectivity index (χ4v) is 2.19. The normalized spacial score (nSPS) is 11.4. The van der Waals surface area contributed by atoms with Crippen LogP contribution in [-0.2, 0) is 6.54 Å². The number of pyridine rings is 2. The minimum Gasteiger partial charge on any atom is -0.293 e. The van der Waals surface area contributed by atoms with Gasteiger partial charge in [0.25, 0.3) is 5.56 Å². The highest BCUT2D eigenvalue weighted by molar-refractivity contribution is 5.79. The van der Waals surface area contributed by atoms with E-state index in [1.807, 2.05) is 13.0 Å². The molecule has 0 amide bonds. The fraction of sp³-hybridized carbons (Fsp3) is 0.467. The van der Waals surface area contributed by atoms with Crippen LogP contribution in [0.2, 0.25) is 0 Å². The summed E-state index contributed by atoms with van der Waals surface area (Å²) in [4.78, 5) is 16.5. The zero-order valence-corrected chi connectivity index (χ0v) is 11.5. The number of hydrogen-bond acceptors (Lipinski definition) is 2. The number of fused-ring (bicyclic) bond motifs is 1. The third-order valence-electron chi connectivity index (χ3n) is 3.22. The Labute approximate surface area is 107 Å². The zero-order valence-electron chi connectivity index (χ0n) is 11.5. The zero-order chi connectivity index (χ0) is 13.3. The molecule has 3 nitrogen and oxygen atoms in total. The molecule has 0 saturated heterocycles. The van der Waals surface area contributed by atoms with Gasteiger partial charge in [0.15, 0.2) is 0 Å². The quantitative estimate of drug-likeness (QED) is 0.831. The van der Waals surface area contributed by atoms with Crippen LogP contribution in [0.15, 0.2) is 23.0 Å². The van der Waals surface area contributed by atoms with Crippen molar-refractivity contribution in [2.75, 3.05) is 0 Å². The second-order valence-corrected chi connectivity index (χ2v) is 5.32. The predicted molar refractivity (Wildman–Crippen MR) is 74.9 cm³/mol. The van der Waals surface area contributed by atoms with Crippen LogP contribution in [-0.4, -0.2) is 9.55 Å². The van der Waals surface area contributed by atoms with Crippen LogP contribution in [0.25, 0.3) is 11.0 Å². The van der Waals surface area contributed by atoms with Crippen LogP contribution in [0, 0.1) is 19.8 Å². The van der Waals surface area contributed by atoms with Gasteiger partial charge in [0.1, 0.15) is 5.65 Å². The van der Waals surface area contributed by atoms with E-state index in [-0.39, 0.29) is 5.56 Å². The number of rotatable bonds is 3. The smallest absolute Gasteiger partial charge is 0.252 e. The number of aryl methyl sites for hydroxylation is 3. The molecular weight excluding hydrogens is 224 g/mol. The molecule has 0 aliphatic carbocycles. The molecule has 2 heterocycles.